The van der Waals surface area contributed by atoms with E-state index in [1.807, 2.05) is 0 Å². The van der Waals surface area contributed by atoms with E-state index < -0.39 is 0 Å². The standard InChI is InChI=1S/C17H16/c1-15-8-7-13-17(14-15)12-6-5-11-16-9-3-2-4-10-16/h2-3,7,9,13-15H,4,8,10H2,1H3. The summed E-state index contributed by atoms with van der Waals surface area (Å²) in [4.78, 5) is 0. The van der Waals surface area contributed by atoms with E-state index in [0.717, 1.165) is 24.8 Å². The monoisotopic (exact) mass is 220 g/mol. The van der Waals surface area contributed by atoms with Crippen molar-refractivity contribution in [1.29, 1.82) is 0 Å². The third-order valence-corrected chi connectivity index (χ3v) is 2.78. The first-order chi connectivity index (χ1) is 8.34. The van der Waals surface area contributed by atoms with Crippen LogP contribution in [-0.2, 0) is 0 Å². The SMILES string of the molecule is CC1C=C(C#CC#CC2=CC=CCC2)C=CC1. The van der Waals surface area contributed by atoms with E-state index in [1.165, 1.54) is 5.57 Å². The Hall–Kier alpha value is -1.92. The topological polar surface area (TPSA) is 0 Å². The van der Waals surface area contributed by atoms with Gasteiger partial charge in [-0.1, -0.05) is 55.2 Å². The summed E-state index contributed by atoms with van der Waals surface area (Å²) in [5.74, 6) is 12.7. The molecule has 2 rings (SSSR count). The Morgan fingerprint density at radius 3 is 2.82 bits per heavy atom. The Morgan fingerprint density at radius 2 is 2.06 bits per heavy atom. The van der Waals surface area contributed by atoms with Crippen LogP contribution in [0, 0.1) is 29.6 Å². The minimum Gasteiger partial charge on any atom is -0.0842 e. The Kier molecular flexibility index (Phi) is 4.06. The lowest BCUT2D eigenvalue weighted by atomic mass is 9.98. The molecule has 0 aromatic carbocycles. The van der Waals surface area contributed by atoms with Crippen LogP contribution < -0.4 is 0 Å². The normalized spacial score (nSPS) is 21.6. The molecule has 0 N–H and O–H groups in total. The van der Waals surface area contributed by atoms with Gasteiger partial charge < -0.3 is 0 Å². The van der Waals surface area contributed by atoms with E-state index in [-0.39, 0.29) is 0 Å². The van der Waals surface area contributed by atoms with Crippen molar-refractivity contribution in [1.82, 2.24) is 0 Å². The van der Waals surface area contributed by atoms with E-state index >= 15 is 0 Å². The van der Waals surface area contributed by atoms with Gasteiger partial charge in [0.1, 0.15) is 0 Å². The Bertz CT molecular complexity index is 516. The third-order valence-electron chi connectivity index (χ3n) is 2.78. The van der Waals surface area contributed by atoms with E-state index in [1.54, 1.807) is 0 Å². The largest absolute Gasteiger partial charge is 0.0842 e. The van der Waals surface area contributed by atoms with Crippen LogP contribution in [0.2, 0.25) is 0 Å². The van der Waals surface area contributed by atoms with Gasteiger partial charge in [0, 0.05) is 11.1 Å². The zero-order chi connectivity index (χ0) is 11.9. The average molecular weight is 220 g/mol. The predicted octanol–water partition coefficient (Wildman–Crippen LogP) is 3.79. The van der Waals surface area contributed by atoms with Crippen LogP contribution in [0.1, 0.15) is 26.2 Å². The first-order valence-corrected chi connectivity index (χ1v) is 6.11. The molecule has 0 aliphatic heterocycles. The molecule has 0 spiro atoms. The number of allylic oxidation sites excluding steroid dienone is 8. The molecule has 0 amide bonds. The quantitative estimate of drug-likeness (QED) is 0.545. The van der Waals surface area contributed by atoms with Crippen molar-refractivity contribution >= 4 is 0 Å². The predicted molar refractivity (Wildman–Crippen MR) is 73.0 cm³/mol. The Morgan fingerprint density at radius 1 is 1.18 bits per heavy atom. The number of rotatable bonds is 0. The van der Waals surface area contributed by atoms with Crippen molar-refractivity contribution < 1.29 is 0 Å². The van der Waals surface area contributed by atoms with E-state index in [4.69, 9.17) is 0 Å². The molecule has 2 aliphatic rings. The summed E-state index contributed by atoms with van der Waals surface area (Å²) in [6, 6.07) is 0. The number of hydrogen-bond acceptors (Lipinski definition) is 0. The molecule has 0 saturated carbocycles. The van der Waals surface area contributed by atoms with Crippen LogP contribution in [0.15, 0.2) is 47.6 Å². The van der Waals surface area contributed by atoms with Crippen LogP contribution >= 0.6 is 0 Å². The molecule has 1 atom stereocenters. The van der Waals surface area contributed by atoms with Gasteiger partial charge in [0.15, 0.2) is 0 Å². The zero-order valence-electron chi connectivity index (χ0n) is 10.2. The molecule has 1 unspecified atom stereocenters. The molecule has 0 heterocycles. The highest BCUT2D eigenvalue weighted by atomic mass is 14.0. The molecular formula is C17H16. The van der Waals surface area contributed by atoms with E-state index in [2.05, 4.69) is 67.1 Å². The fourth-order valence-corrected chi connectivity index (χ4v) is 1.84. The highest BCUT2D eigenvalue weighted by molar-refractivity contribution is 5.47. The van der Waals surface area contributed by atoms with E-state index in [0.29, 0.717) is 5.92 Å². The maximum atomic E-state index is 3.11. The first kappa shape index (κ1) is 11.6. The molecule has 84 valence electrons. The molecule has 0 bridgehead atoms. The number of hydrogen-bond donors (Lipinski definition) is 0. The van der Waals surface area contributed by atoms with E-state index in [9.17, 15) is 0 Å². The summed E-state index contributed by atoms with van der Waals surface area (Å²) in [6.07, 6.45) is 16.0. The van der Waals surface area contributed by atoms with Crippen LogP contribution in [0.5, 0.6) is 0 Å². The van der Waals surface area contributed by atoms with Crippen molar-refractivity contribution in [3.05, 3.63) is 47.6 Å². The fourth-order valence-electron chi connectivity index (χ4n) is 1.84. The van der Waals surface area contributed by atoms with Gasteiger partial charge >= 0.3 is 0 Å². The summed E-state index contributed by atoms with van der Waals surface area (Å²) in [5.41, 5.74) is 2.28. The Labute approximate surface area is 104 Å². The molecule has 0 aromatic rings. The zero-order valence-corrected chi connectivity index (χ0v) is 10.2. The smallest absolute Gasteiger partial charge is 0.0215 e. The highest BCUT2D eigenvalue weighted by Crippen LogP contribution is 2.14. The maximum absolute atomic E-state index is 3.11. The molecule has 0 radical (unpaired) electrons. The molecule has 17 heavy (non-hydrogen) atoms. The fraction of sp³-hybridized carbons (Fsp3) is 0.294. The van der Waals surface area contributed by atoms with Gasteiger partial charge in [-0.2, -0.15) is 0 Å². The molecule has 0 fully saturated rings. The third kappa shape index (κ3) is 3.86. The molecular weight excluding hydrogens is 204 g/mol. The Balaban J connectivity index is 1.99. The molecule has 0 nitrogen and oxygen atoms in total. The minimum atomic E-state index is 0.600. The summed E-state index contributed by atoms with van der Waals surface area (Å²) >= 11 is 0. The van der Waals surface area contributed by atoms with Crippen LogP contribution in [0.25, 0.3) is 0 Å². The van der Waals surface area contributed by atoms with Gasteiger partial charge in [-0.05, 0) is 37.0 Å². The summed E-state index contributed by atoms with van der Waals surface area (Å²) in [6.45, 7) is 2.20. The van der Waals surface area contributed by atoms with Gasteiger partial charge in [-0.25, -0.2) is 0 Å². The van der Waals surface area contributed by atoms with Crippen molar-refractivity contribution in [2.24, 2.45) is 5.92 Å². The molecule has 2 aliphatic carbocycles. The van der Waals surface area contributed by atoms with Gasteiger partial charge in [-0.3, -0.25) is 0 Å². The molecule has 0 aromatic heterocycles. The minimum absolute atomic E-state index is 0.600. The summed E-state index contributed by atoms with van der Waals surface area (Å²) in [7, 11) is 0. The second-order valence-corrected chi connectivity index (χ2v) is 4.40. The van der Waals surface area contributed by atoms with Crippen molar-refractivity contribution in [3.63, 3.8) is 0 Å². The lowest BCUT2D eigenvalue weighted by Crippen LogP contribution is -1.93. The van der Waals surface area contributed by atoms with Crippen LogP contribution in [0.3, 0.4) is 0 Å². The van der Waals surface area contributed by atoms with Crippen molar-refractivity contribution in [3.8, 4) is 23.7 Å². The highest BCUT2D eigenvalue weighted by Gasteiger charge is 2.00. The van der Waals surface area contributed by atoms with Crippen molar-refractivity contribution in [2.45, 2.75) is 26.2 Å². The van der Waals surface area contributed by atoms with Crippen LogP contribution in [-0.4, -0.2) is 0 Å². The van der Waals surface area contributed by atoms with Crippen molar-refractivity contribution in [2.75, 3.05) is 0 Å². The van der Waals surface area contributed by atoms with Gasteiger partial charge in [0.2, 0.25) is 0 Å². The van der Waals surface area contributed by atoms with Crippen LogP contribution in [0.4, 0.5) is 0 Å². The maximum Gasteiger partial charge on any atom is 0.0215 e. The average Bonchev–Trinajstić information content (AvgIpc) is 2.36. The van der Waals surface area contributed by atoms with Gasteiger partial charge in [0.05, 0.1) is 0 Å². The summed E-state index contributed by atoms with van der Waals surface area (Å²) in [5, 5.41) is 0. The summed E-state index contributed by atoms with van der Waals surface area (Å²) < 4.78 is 0. The molecule has 0 heteroatoms. The second kappa shape index (κ2) is 5.97. The lowest BCUT2D eigenvalue weighted by Gasteiger charge is -2.06. The van der Waals surface area contributed by atoms with Gasteiger partial charge in [0.25, 0.3) is 0 Å². The molecule has 0 saturated heterocycles. The second-order valence-electron chi connectivity index (χ2n) is 4.40. The lowest BCUT2D eigenvalue weighted by molar-refractivity contribution is 0.733. The van der Waals surface area contributed by atoms with Gasteiger partial charge in [-0.15, -0.1) is 0 Å². The first-order valence-electron chi connectivity index (χ1n) is 6.11.